The maximum absolute atomic E-state index is 13.0. The van der Waals surface area contributed by atoms with Crippen molar-refractivity contribution in [1.82, 2.24) is 15.5 Å². The SMILES string of the molecule is Cc1noc(C)c1COc1cc2ccccc2cc1C(=O)NCCNc1ncccc1C#N. The summed E-state index contributed by atoms with van der Waals surface area (Å²) in [5.41, 5.74) is 2.52. The van der Waals surface area contributed by atoms with Crippen LogP contribution in [-0.2, 0) is 6.61 Å². The zero-order valence-electron chi connectivity index (χ0n) is 18.4. The summed E-state index contributed by atoms with van der Waals surface area (Å²) >= 11 is 0. The number of aryl methyl sites for hydroxylation is 2. The van der Waals surface area contributed by atoms with Gasteiger partial charge in [0.25, 0.3) is 5.91 Å². The molecule has 8 nitrogen and oxygen atoms in total. The molecule has 8 heteroatoms. The van der Waals surface area contributed by atoms with E-state index in [1.807, 2.05) is 50.2 Å². The molecule has 0 fully saturated rings. The lowest BCUT2D eigenvalue weighted by Gasteiger charge is -2.14. The van der Waals surface area contributed by atoms with Crippen molar-refractivity contribution in [2.45, 2.75) is 20.5 Å². The average Bonchev–Trinajstić information content (AvgIpc) is 3.16. The molecule has 0 aliphatic rings. The van der Waals surface area contributed by atoms with Gasteiger partial charge in [-0.25, -0.2) is 4.98 Å². The largest absolute Gasteiger partial charge is 0.488 e. The molecule has 0 radical (unpaired) electrons. The first kappa shape index (κ1) is 21.8. The van der Waals surface area contributed by atoms with Crippen molar-refractivity contribution >= 4 is 22.5 Å². The van der Waals surface area contributed by atoms with E-state index in [4.69, 9.17) is 14.5 Å². The number of rotatable bonds is 8. The van der Waals surface area contributed by atoms with Crippen LogP contribution in [-0.4, -0.2) is 29.1 Å². The van der Waals surface area contributed by atoms with Crippen molar-refractivity contribution in [3.05, 3.63) is 82.9 Å². The highest BCUT2D eigenvalue weighted by molar-refractivity contribution is 6.01. The van der Waals surface area contributed by atoms with E-state index in [0.717, 1.165) is 22.0 Å². The van der Waals surface area contributed by atoms with Crippen molar-refractivity contribution in [3.8, 4) is 11.8 Å². The molecule has 2 aromatic heterocycles. The fourth-order valence-electron chi connectivity index (χ4n) is 3.46. The fraction of sp³-hybridized carbons (Fsp3) is 0.200. The van der Waals surface area contributed by atoms with Gasteiger partial charge in [-0.1, -0.05) is 29.4 Å². The molecular weight excluding hydrogens is 418 g/mol. The molecule has 0 aliphatic heterocycles. The summed E-state index contributed by atoms with van der Waals surface area (Å²) < 4.78 is 11.3. The molecular formula is C25H23N5O3. The van der Waals surface area contributed by atoms with Crippen molar-refractivity contribution in [3.63, 3.8) is 0 Å². The summed E-state index contributed by atoms with van der Waals surface area (Å²) in [6.45, 7) is 4.70. The first-order valence-electron chi connectivity index (χ1n) is 10.5. The van der Waals surface area contributed by atoms with Gasteiger partial charge in [-0.05, 0) is 48.9 Å². The van der Waals surface area contributed by atoms with Gasteiger partial charge in [0.1, 0.15) is 30.0 Å². The van der Waals surface area contributed by atoms with Gasteiger partial charge in [-0.15, -0.1) is 0 Å². The van der Waals surface area contributed by atoms with Crippen LogP contribution in [0, 0.1) is 25.2 Å². The second-order valence-corrected chi connectivity index (χ2v) is 7.48. The van der Waals surface area contributed by atoms with Gasteiger partial charge in [0, 0.05) is 19.3 Å². The molecule has 4 aromatic rings. The van der Waals surface area contributed by atoms with E-state index < -0.39 is 0 Å². The zero-order valence-corrected chi connectivity index (χ0v) is 18.4. The molecule has 0 atom stereocenters. The lowest BCUT2D eigenvalue weighted by molar-refractivity contribution is 0.0951. The Morgan fingerprint density at radius 3 is 2.64 bits per heavy atom. The molecule has 0 unspecified atom stereocenters. The third-order valence-electron chi connectivity index (χ3n) is 5.28. The average molecular weight is 441 g/mol. The summed E-state index contributed by atoms with van der Waals surface area (Å²) in [4.78, 5) is 17.2. The molecule has 0 bridgehead atoms. The van der Waals surface area contributed by atoms with Gasteiger partial charge in [0.05, 0.1) is 22.4 Å². The number of nitrogens with zero attached hydrogens (tertiary/aromatic N) is 3. The minimum atomic E-state index is -0.252. The smallest absolute Gasteiger partial charge is 0.255 e. The van der Waals surface area contributed by atoms with Crippen LogP contribution in [0.5, 0.6) is 5.75 Å². The lowest BCUT2D eigenvalue weighted by atomic mass is 10.1. The number of nitriles is 1. The second kappa shape index (κ2) is 9.83. The summed E-state index contributed by atoms with van der Waals surface area (Å²) in [5, 5.41) is 21.0. The van der Waals surface area contributed by atoms with E-state index in [2.05, 4.69) is 26.8 Å². The Labute approximate surface area is 191 Å². The van der Waals surface area contributed by atoms with Crippen LogP contribution < -0.4 is 15.4 Å². The van der Waals surface area contributed by atoms with Gasteiger partial charge < -0.3 is 19.9 Å². The number of anilines is 1. The highest BCUT2D eigenvalue weighted by atomic mass is 16.5. The summed E-state index contributed by atoms with van der Waals surface area (Å²) in [6, 6.07) is 17.0. The van der Waals surface area contributed by atoms with Crippen LogP contribution in [0.15, 0.2) is 59.3 Å². The minimum Gasteiger partial charge on any atom is -0.488 e. The molecule has 1 amide bonds. The van der Waals surface area contributed by atoms with E-state index in [0.29, 0.717) is 41.5 Å². The lowest BCUT2D eigenvalue weighted by Crippen LogP contribution is -2.29. The van der Waals surface area contributed by atoms with Crippen LogP contribution in [0.4, 0.5) is 5.82 Å². The molecule has 0 spiro atoms. The first-order valence-corrected chi connectivity index (χ1v) is 10.5. The number of nitrogens with one attached hydrogen (secondary N) is 2. The molecule has 2 aromatic carbocycles. The number of fused-ring (bicyclic) bond motifs is 1. The molecule has 0 saturated carbocycles. The number of benzene rings is 2. The molecule has 0 saturated heterocycles. The Morgan fingerprint density at radius 1 is 1.12 bits per heavy atom. The topological polar surface area (TPSA) is 113 Å². The van der Waals surface area contributed by atoms with Gasteiger partial charge in [0.2, 0.25) is 0 Å². The number of ether oxygens (including phenoxy) is 1. The maximum atomic E-state index is 13.0. The normalized spacial score (nSPS) is 10.6. The minimum absolute atomic E-state index is 0.248. The third-order valence-corrected chi connectivity index (χ3v) is 5.28. The van der Waals surface area contributed by atoms with Crippen molar-refractivity contribution in [1.29, 1.82) is 5.26 Å². The maximum Gasteiger partial charge on any atom is 0.255 e. The van der Waals surface area contributed by atoms with Crippen LogP contribution in [0.3, 0.4) is 0 Å². The highest BCUT2D eigenvalue weighted by Crippen LogP contribution is 2.27. The number of carbonyl (C=O) groups is 1. The molecule has 166 valence electrons. The molecule has 0 aliphatic carbocycles. The summed E-state index contributed by atoms with van der Waals surface area (Å²) in [6.07, 6.45) is 1.61. The Morgan fingerprint density at radius 2 is 1.91 bits per heavy atom. The van der Waals surface area contributed by atoms with E-state index >= 15 is 0 Å². The van der Waals surface area contributed by atoms with Gasteiger partial charge in [0.15, 0.2) is 0 Å². The van der Waals surface area contributed by atoms with Crippen LogP contribution in [0.2, 0.25) is 0 Å². The van der Waals surface area contributed by atoms with Gasteiger partial charge >= 0.3 is 0 Å². The number of amides is 1. The molecule has 33 heavy (non-hydrogen) atoms. The zero-order chi connectivity index (χ0) is 23.2. The van der Waals surface area contributed by atoms with Crippen LogP contribution in [0.25, 0.3) is 10.8 Å². The summed E-state index contributed by atoms with van der Waals surface area (Å²) in [5.74, 6) is 1.41. The molecule has 2 N–H and O–H groups in total. The number of carbonyl (C=O) groups excluding carboxylic acids is 1. The Bertz CT molecular complexity index is 1320. The van der Waals surface area contributed by atoms with Gasteiger partial charge in [-0.3, -0.25) is 4.79 Å². The fourth-order valence-corrected chi connectivity index (χ4v) is 3.46. The molecule has 2 heterocycles. The number of hydrogen-bond donors (Lipinski definition) is 2. The monoisotopic (exact) mass is 441 g/mol. The van der Waals surface area contributed by atoms with E-state index in [-0.39, 0.29) is 12.5 Å². The highest BCUT2D eigenvalue weighted by Gasteiger charge is 2.16. The summed E-state index contributed by atoms with van der Waals surface area (Å²) in [7, 11) is 0. The van der Waals surface area contributed by atoms with Crippen LogP contribution >= 0.6 is 0 Å². The standard InChI is InChI=1S/C25H23N5O3/c1-16-22(17(2)33-30-16)15-32-23-13-19-7-4-3-6-18(19)12-21(23)25(31)29-11-10-28-24-20(14-26)8-5-9-27-24/h3-9,12-13H,10-11,15H2,1-2H3,(H,27,28)(H,29,31). The van der Waals surface area contributed by atoms with Crippen LogP contribution in [0.1, 0.15) is 32.9 Å². The van der Waals surface area contributed by atoms with E-state index in [9.17, 15) is 4.79 Å². The predicted molar refractivity (Wildman–Crippen MR) is 124 cm³/mol. The van der Waals surface area contributed by atoms with E-state index in [1.54, 1.807) is 18.3 Å². The number of aromatic nitrogens is 2. The van der Waals surface area contributed by atoms with Crippen molar-refractivity contribution in [2.24, 2.45) is 0 Å². The first-order chi connectivity index (χ1) is 16.1. The van der Waals surface area contributed by atoms with Gasteiger partial charge in [-0.2, -0.15) is 5.26 Å². The number of hydrogen-bond acceptors (Lipinski definition) is 7. The van der Waals surface area contributed by atoms with Crippen molar-refractivity contribution < 1.29 is 14.1 Å². The van der Waals surface area contributed by atoms with Crippen molar-refractivity contribution in [2.75, 3.05) is 18.4 Å². The van der Waals surface area contributed by atoms with E-state index in [1.165, 1.54) is 0 Å². The quantitative estimate of drug-likeness (QED) is 0.395. The Kier molecular flexibility index (Phi) is 6.51. The molecule has 4 rings (SSSR count). The predicted octanol–water partition coefficient (Wildman–Crippen LogP) is 4.13. The third kappa shape index (κ3) is 4.93. The number of pyridine rings is 1. The Balaban J connectivity index is 1.48. The second-order valence-electron chi connectivity index (χ2n) is 7.48. The Hall–Kier alpha value is -4.38.